The monoisotopic (exact) mass is 514 g/mol. The lowest BCUT2D eigenvalue weighted by molar-refractivity contribution is 0.145. The maximum atomic E-state index is 12.7. The summed E-state index contributed by atoms with van der Waals surface area (Å²) < 4.78 is 11.4. The number of H-pyrrole nitrogens is 1. The van der Waals surface area contributed by atoms with Crippen LogP contribution in [0.3, 0.4) is 0 Å². The molecule has 9 heteroatoms. The van der Waals surface area contributed by atoms with E-state index in [2.05, 4.69) is 32.1 Å². The molecule has 1 fully saturated rings. The maximum absolute atomic E-state index is 12.7. The number of fused-ring (bicyclic) bond motifs is 1. The molecule has 1 aliphatic rings. The van der Waals surface area contributed by atoms with Gasteiger partial charge in [-0.25, -0.2) is 9.97 Å². The summed E-state index contributed by atoms with van der Waals surface area (Å²) in [5.74, 6) is 1.82. The van der Waals surface area contributed by atoms with Gasteiger partial charge in [-0.3, -0.25) is 4.79 Å². The minimum Gasteiger partial charge on any atom is -0.493 e. The first-order valence-electron chi connectivity index (χ1n) is 13.0. The lowest BCUT2D eigenvalue weighted by atomic mass is 10.1. The molecule has 0 amide bonds. The molecule has 0 saturated carbocycles. The van der Waals surface area contributed by atoms with Crippen LogP contribution in [0.25, 0.3) is 22.2 Å². The number of ether oxygens (including phenoxy) is 2. The predicted octanol–water partition coefficient (Wildman–Crippen LogP) is 4.06. The molecule has 0 unspecified atom stereocenters. The number of likely N-dealkylation sites (N-methyl/N-ethyl adjacent to an activating group) is 1. The van der Waals surface area contributed by atoms with Crippen molar-refractivity contribution in [2.75, 3.05) is 58.8 Å². The minimum absolute atomic E-state index is 0.209. The fourth-order valence-corrected chi connectivity index (χ4v) is 4.67. The molecular formula is C29H34N6O3. The molecule has 3 aromatic heterocycles. The van der Waals surface area contributed by atoms with E-state index in [0.29, 0.717) is 35.1 Å². The van der Waals surface area contributed by atoms with Crippen molar-refractivity contribution >= 4 is 22.3 Å². The molecule has 5 rings (SSSR count). The Morgan fingerprint density at radius 3 is 2.66 bits per heavy atom. The summed E-state index contributed by atoms with van der Waals surface area (Å²) in [6, 6.07) is 15.2. The number of nitrogens with one attached hydrogen (secondary N) is 2. The van der Waals surface area contributed by atoms with Crippen molar-refractivity contribution in [1.82, 2.24) is 24.8 Å². The Bertz CT molecular complexity index is 1460. The van der Waals surface area contributed by atoms with Crippen molar-refractivity contribution in [2.24, 2.45) is 0 Å². The Labute approximate surface area is 222 Å². The maximum Gasteiger partial charge on any atom is 0.259 e. The Morgan fingerprint density at radius 1 is 1.03 bits per heavy atom. The summed E-state index contributed by atoms with van der Waals surface area (Å²) >= 11 is 0. The van der Waals surface area contributed by atoms with E-state index >= 15 is 0 Å². The van der Waals surface area contributed by atoms with Gasteiger partial charge in [0.25, 0.3) is 5.56 Å². The van der Waals surface area contributed by atoms with Crippen LogP contribution in [0.1, 0.15) is 12.0 Å². The van der Waals surface area contributed by atoms with Gasteiger partial charge in [0.1, 0.15) is 11.6 Å². The average molecular weight is 515 g/mol. The molecule has 9 nitrogen and oxygen atoms in total. The van der Waals surface area contributed by atoms with Crippen molar-refractivity contribution in [1.29, 1.82) is 0 Å². The second-order valence-electron chi connectivity index (χ2n) is 9.64. The first kappa shape index (κ1) is 25.7. The molecule has 0 spiro atoms. The predicted molar refractivity (Wildman–Crippen MR) is 151 cm³/mol. The lowest BCUT2D eigenvalue weighted by Crippen LogP contribution is -2.44. The fraction of sp³-hybridized carbons (Fsp3) is 0.345. The number of hydrogen-bond acceptors (Lipinski definition) is 8. The van der Waals surface area contributed by atoms with Gasteiger partial charge >= 0.3 is 0 Å². The van der Waals surface area contributed by atoms with Gasteiger partial charge in [-0.1, -0.05) is 6.07 Å². The zero-order valence-electron chi connectivity index (χ0n) is 22.2. The smallest absolute Gasteiger partial charge is 0.259 e. The van der Waals surface area contributed by atoms with Gasteiger partial charge in [-0.2, -0.15) is 0 Å². The largest absolute Gasteiger partial charge is 0.493 e. The summed E-state index contributed by atoms with van der Waals surface area (Å²) in [5.41, 5.74) is 2.92. The molecular weight excluding hydrogens is 480 g/mol. The minimum atomic E-state index is -0.209. The lowest BCUT2D eigenvalue weighted by Gasteiger charge is -2.32. The van der Waals surface area contributed by atoms with E-state index in [1.807, 2.05) is 49.4 Å². The van der Waals surface area contributed by atoms with Crippen LogP contribution in [0.4, 0.5) is 11.5 Å². The van der Waals surface area contributed by atoms with Crippen molar-refractivity contribution in [3.05, 3.63) is 70.6 Å². The highest BCUT2D eigenvalue weighted by atomic mass is 16.5. The molecule has 0 radical (unpaired) electrons. The Morgan fingerprint density at radius 2 is 1.87 bits per heavy atom. The van der Waals surface area contributed by atoms with Crippen LogP contribution in [-0.4, -0.2) is 78.2 Å². The Kier molecular flexibility index (Phi) is 7.86. The number of pyridine rings is 3. The molecule has 0 bridgehead atoms. The zero-order chi connectivity index (χ0) is 26.5. The van der Waals surface area contributed by atoms with E-state index in [-0.39, 0.29) is 5.56 Å². The number of aromatic amines is 1. The number of aryl methyl sites for hydroxylation is 1. The number of hydrogen-bond donors (Lipinski definition) is 2. The summed E-state index contributed by atoms with van der Waals surface area (Å²) in [5, 5.41) is 4.61. The number of piperazine rings is 1. The van der Waals surface area contributed by atoms with E-state index in [9.17, 15) is 4.79 Å². The van der Waals surface area contributed by atoms with Gasteiger partial charge in [-0.05, 0) is 67.7 Å². The number of aromatic nitrogens is 3. The van der Waals surface area contributed by atoms with Gasteiger partial charge in [0.05, 0.1) is 30.5 Å². The summed E-state index contributed by atoms with van der Waals surface area (Å²) in [7, 11) is 3.75. The number of rotatable bonds is 9. The van der Waals surface area contributed by atoms with E-state index in [0.717, 1.165) is 61.5 Å². The summed E-state index contributed by atoms with van der Waals surface area (Å²) in [6.07, 6.45) is 2.63. The van der Waals surface area contributed by atoms with Crippen molar-refractivity contribution in [2.45, 2.75) is 13.3 Å². The molecule has 1 aliphatic heterocycles. The van der Waals surface area contributed by atoms with Gasteiger partial charge in [0, 0.05) is 50.7 Å². The van der Waals surface area contributed by atoms with Crippen LogP contribution in [0, 0.1) is 6.92 Å². The third-order valence-electron chi connectivity index (χ3n) is 6.86. The normalized spacial score (nSPS) is 14.5. The van der Waals surface area contributed by atoms with Gasteiger partial charge in [0.2, 0.25) is 5.88 Å². The molecule has 4 aromatic rings. The fourth-order valence-electron chi connectivity index (χ4n) is 4.67. The highest BCUT2D eigenvalue weighted by Crippen LogP contribution is 2.29. The zero-order valence-corrected chi connectivity index (χ0v) is 22.2. The second-order valence-corrected chi connectivity index (χ2v) is 9.64. The molecule has 1 saturated heterocycles. The number of anilines is 2. The first-order chi connectivity index (χ1) is 18.5. The van der Waals surface area contributed by atoms with E-state index in [1.54, 1.807) is 19.4 Å². The Hall–Kier alpha value is -3.95. The van der Waals surface area contributed by atoms with E-state index in [1.165, 1.54) is 0 Å². The highest BCUT2D eigenvalue weighted by Gasteiger charge is 2.15. The molecule has 4 heterocycles. The van der Waals surface area contributed by atoms with E-state index in [4.69, 9.17) is 14.5 Å². The van der Waals surface area contributed by atoms with Crippen molar-refractivity contribution in [3.63, 3.8) is 0 Å². The third kappa shape index (κ3) is 5.95. The summed E-state index contributed by atoms with van der Waals surface area (Å²) in [6.45, 7) is 8.26. The van der Waals surface area contributed by atoms with Crippen LogP contribution in [0.2, 0.25) is 0 Å². The van der Waals surface area contributed by atoms with Crippen molar-refractivity contribution < 1.29 is 9.47 Å². The average Bonchev–Trinajstić information content (AvgIpc) is 2.93. The van der Waals surface area contributed by atoms with Crippen LogP contribution in [-0.2, 0) is 0 Å². The van der Waals surface area contributed by atoms with Gasteiger partial charge in [-0.15, -0.1) is 0 Å². The molecule has 198 valence electrons. The number of nitrogens with zero attached hydrogens (tertiary/aromatic N) is 4. The standard InChI is InChI=1S/C29H34N6O3/c1-20-18-22(8-9-25(20)38-17-5-12-35-15-13-34(2)14-16-35)31-28-27-21(10-11-30-29(27)36)19-24(33-28)23-6-4-7-26(32-23)37-3/h4,6-11,18-19H,5,12-17H2,1-3H3,(H,30,36)(H,31,33). The third-order valence-corrected chi connectivity index (χ3v) is 6.86. The topological polar surface area (TPSA) is 95.6 Å². The molecule has 38 heavy (non-hydrogen) atoms. The van der Waals surface area contributed by atoms with Crippen molar-refractivity contribution in [3.8, 4) is 23.0 Å². The molecule has 2 N–H and O–H groups in total. The molecule has 0 aliphatic carbocycles. The molecule has 1 aromatic carbocycles. The molecule has 0 atom stereocenters. The SMILES string of the molecule is COc1cccc(-c2cc3cc[nH]c(=O)c3c(Nc3ccc(OCCCN4CCN(C)CC4)c(C)c3)n2)n1. The van der Waals surface area contributed by atoms with Gasteiger partial charge < -0.3 is 29.6 Å². The van der Waals surface area contributed by atoms with Crippen LogP contribution in [0.5, 0.6) is 11.6 Å². The van der Waals surface area contributed by atoms with Crippen LogP contribution < -0.4 is 20.3 Å². The number of methoxy groups -OCH3 is 1. The Balaban J connectivity index is 1.32. The van der Waals surface area contributed by atoms with Gasteiger partial charge in [0.15, 0.2) is 0 Å². The second kappa shape index (κ2) is 11.6. The number of benzene rings is 1. The quantitative estimate of drug-likeness (QED) is 0.323. The van der Waals surface area contributed by atoms with E-state index < -0.39 is 0 Å². The first-order valence-corrected chi connectivity index (χ1v) is 13.0. The highest BCUT2D eigenvalue weighted by molar-refractivity contribution is 5.95. The van der Waals surface area contributed by atoms with Crippen LogP contribution >= 0.6 is 0 Å². The summed E-state index contributed by atoms with van der Waals surface area (Å²) in [4.78, 5) is 29.6. The van der Waals surface area contributed by atoms with Crippen LogP contribution in [0.15, 0.2) is 59.5 Å².